The zero-order valence-corrected chi connectivity index (χ0v) is 10.2. The van der Waals surface area contributed by atoms with Gasteiger partial charge >= 0.3 is 0 Å². The summed E-state index contributed by atoms with van der Waals surface area (Å²) in [7, 11) is -0.192. The molecule has 0 atom stereocenters. The fourth-order valence-corrected chi connectivity index (χ4v) is 0.831. The normalized spacial score (nSPS) is 10.1. The number of pyridine rings is 1. The van der Waals surface area contributed by atoms with Gasteiger partial charge in [-0.15, -0.1) is 10.2 Å². The van der Waals surface area contributed by atoms with Crippen LogP contribution >= 0.6 is 0 Å². The maximum Gasteiger partial charge on any atom is 0.264 e. The Kier molecular flexibility index (Phi) is 6.54. The molecule has 9 heteroatoms. The van der Waals surface area contributed by atoms with Crippen LogP contribution in [0.2, 0.25) is 0 Å². The average molecular weight is 270 g/mol. The highest BCUT2D eigenvalue weighted by Gasteiger charge is 2.07. The number of hydrogen-bond acceptors (Lipinski definition) is 7. The summed E-state index contributed by atoms with van der Waals surface area (Å²) in [6.07, 6.45) is 3.42. The SMILES string of the molecule is COc1cc(OC)c[n+](OC)c1.[O-][Cl+3]([O-])([O-])[O-]. The summed E-state index contributed by atoms with van der Waals surface area (Å²) < 4.78 is 45.5. The Labute approximate surface area is 99.9 Å². The van der Waals surface area contributed by atoms with Gasteiger partial charge in [0.25, 0.3) is 12.4 Å². The highest BCUT2D eigenvalue weighted by atomic mass is 35.7. The summed E-state index contributed by atoms with van der Waals surface area (Å²) in [6.45, 7) is 0. The molecule has 0 bridgehead atoms. The average Bonchev–Trinajstić information content (AvgIpc) is 2.26. The first-order valence-electron chi connectivity index (χ1n) is 4.10. The van der Waals surface area contributed by atoms with Gasteiger partial charge in [0.1, 0.15) is 7.11 Å². The van der Waals surface area contributed by atoms with Gasteiger partial charge in [-0.3, -0.25) is 4.84 Å². The van der Waals surface area contributed by atoms with Crippen LogP contribution in [0.1, 0.15) is 0 Å². The van der Waals surface area contributed by atoms with Crippen molar-refractivity contribution in [3.05, 3.63) is 18.5 Å². The molecule has 0 fully saturated rings. The molecule has 0 saturated heterocycles. The van der Waals surface area contributed by atoms with Gasteiger partial charge in [-0.2, -0.15) is 0 Å². The van der Waals surface area contributed by atoms with Crippen LogP contribution in [-0.2, 0) is 0 Å². The molecule has 98 valence electrons. The van der Waals surface area contributed by atoms with Crippen LogP contribution in [-0.4, -0.2) is 21.3 Å². The van der Waals surface area contributed by atoms with Crippen LogP contribution in [0.4, 0.5) is 0 Å². The van der Waals surface area contributed by atoms with Crippen LogP contribution in [0.15, 0.2) is 18.5 Å². The third-order valence-corrected chi connectivity index (χ3v) is 1.48. The molecule has 0 N–H and O–H groups in total. The number of nitrogens with zero attached hydrogens (tertiary/aromatic N) is 1. The minimum atomic E-state index is -4.94. The number of hydrogen-bond donors (Lipinski definition) is 0. The van der Waals surface area contributed by atoms with Crippen molar-refractivity contribution >= 4 is 0 Å². The maximum atomic E-state index is 8.49. The van der Waals surface area contributed by atoms with Gasteiger partial charge < -0.3 is 9.47 Å². The van der Waals surface area contributed by atoms with Crippen LogP contribution in [0, 0.1) is 10.2 Å². The molecule has 1 aromatic rings. The number of aromatic nitrogens is 1. The van der Waals surface area contributed by atoms with Crippen molar-refractivity contribution in [3.63, 3.8) is 0 Å². The molecule has 0 amide bonds. The predicted octanol–water partition coefficient (Wildman–Crippen LogP) is -4.71. The van der Waals surface area contributed by atoms with E-state index in [4.69, 9.17) is 32.9 Å². The molecular weight excluding hydrogens is 258 g/mol. The first kappa shape index (κ1) is 15.7. The zero-order chi connectivity index (χ0) is 13.5. The van der Waals surface area contributed by atoms with E-state index in [-0.39, 0.29) is 0 Å². The van der Waals surface area contributed by atoms with Gasteiger partial charge in [0.15, 0.2) is 11.5 Å². The van der Waals surface area contributed by atoms with Crippen LogP contribution < -0.4 is 37.7 Å². The summed E-state index contributed by atoms with van der Waals surface area (Å²) in [5.41, 5.74) is 0. The van der Waals surface area contributed by atoms with Crippen molar-refractivity contribution in [1.82, 2.24) is 0 Å². The Morgan fingerprint density at radius 3 is 1.53 bits per heavy atom. The van der Waals surface area contributed by atoms with Gasteiger partial charge in [-0.1, -0.05) is 0 Å². The second kappa shape index (κ2) is 7.09. The molecule has 0 unspecified atom stereocenters. The second-order valence-corrected chi connectivity index (χ2v) is 3.29. The highest BCUT2D eigenvalue weighted by Crippen LogP contribution is 2.14. The van der Waals surface area contributed by atoms with Crippen LogP contribution in [0.5, 0.6) is 11.5 Å². The minimum Gasteiger partial charge on any atom is -0.491 e. The van der Waals surface area contributed by atoms with Crippen molar-refractivity contribution < 1.29 is 47.9 Å². The van der Waals surface area contributed by atoms with Gasteiger partial charge in [-0.25, -0.2) is 18.6 Å². The van der Waals surface area contributed by atoms with Crippen molar-refractivity contribution in [3.8, 4) is 11.5 Å². The minimum absolute atomic E-state index is 0.691. The van der Waals surface area contributed by atoms with Crippen molar-refractivity contribution in [2.75, 3.05) is 21.3 Å². The summed E-state index contributed by atoms with van der Waals surface area (Å²) in [6, 6.07) is 1.77. The fraction of sp³-hybridized carbons (Fsp3) is 0.375. The lowest BCUT2D eigenvalue weighted by Gasteiger charge is -2.17. The van der Waals surface area contributed by atoms with Crippen molar-refractivity contribution in [1.29, 1.82) is 0 Å². The molecule has 0 aliphatic rings. The van der Waals surface area contributed by atoms with E-state index >= 15 is 0 Å². The summed E-state index contributed by atoms with van der Waals surface area (Å²) in [5, 5.41) is 0. The van der Waals surface area contributed by atoms with E-state index in [1.165, 1.54) is 4.73 Å². The van der Waals surface area contributed by atoms with E-state index in [1.807, 2.05) is 0 Å². The fourth-order valence-electron chi connectivity index (χ4n) is 0.831. The van der Waals surface area contributed by atoms with E-state index in [1.54, 1.807) is 39.8 Å². The quantitative estimate of drug-likeness (QED) is 0.505. The lowest BCUT2D eigenvalue weighted by atomic mass is 10.4. The van der Waals surface area contributed by atoms with Crippen molar-refractivity contribution in [2.45, 2.75) is 0 Å². The largest absolute Gasteiger partial charge is 0.491 e. The second-order valence-electron chi connectivity index (χ2n) is 2.54. The highest BCUT2D eigenvalue weighted by molar-refractivity contribution is 5.25. The van der Waals surface area contributed by atoms with Crippen LogP contribution in [0.3, 0.4) is 0 Å². The Hall–Kier alpha value is -1.32. The third kappa shape index (κ3) is 8.48. The molecule has 0 aliphatic heterocycles. The maximum absolute atomic E-state index is 8.49. The number of halogens is 1. The van der Waals surface area contributed by atoms with Gasteiger partial charge in [0.2, 0.25) is 0 Å². The monoisotopic (exact) mass is 269 g/mol. The number of ether oxygens (including phenoxy) is 2. The van der Waals surface area contributed by atoms with Crippen LogP contribution in [0.25, 0.3) is 0 Å². The Balaban J connectivity index is 0.000000437. The van der Waals surface area contributed by atoms with E-state index < -0.39 is 10.2 Å². The molecule has 0 saturated carbocycles. The van der Waals surface area contributed by atoms with E-state index in [9.17, 15) is 0 Å². The van der Waals surface area contributed by atoms with Crippen molar-refractivity contribution in [2.24, 2.45) is 0 Å². The van der Waals surface area contributed by atoms with Gasteiger partial charge in [0.05, 0.1) is 14.2 Å². The topological polar surface area (TPSA) is 124 Å². The molecule has 0 radical (unpaired) electrons. The summed E-state index contributed by atoms with van der Waals surface area (Å²) in [4.78, 5) is 4.96. The summed E-state index contributed by atoms with van der Waals surface area (Å²) >= 11 is 0. The first-order valence-corrected chi connectivity index (χ1v) is 5.34. The Morgan fingerprint density at radius 2 is 1.29 bits per heavy atom. The molecule has 0 aliphatic carbocycles. The van der Waals surface area contributed by atoms with E-state index in [0.717, 1.165) is 0 Å². The lowest BCUT2D eigenvalue weighted by molar-refractivity contribution is -2.00. The first-order chi connectivity index (χ1) is 7.80. The molecule has 1 aromatic heterocycles. The summed E-state index contributed by atoms with van der Waals surface area (Å²) in [5.74, 6) is 1.38. The van der Waals surface area contributed by atoms with Gasteiger partial charge in [0, 0.05) is 10.8 Å². The molecule has 1 heterocycles. The number of rotatable bonds is 3. The molecule has 1 rings (SSSR count). The smallest absolute Gasteiger partial charge is 0.264 e. The molecule has 17 heavy (non-hydrogen) atoms. The predicted molar refractivity (Wildman–Crippen MR) is 42.2 cm³/mol. The Bertz CT molecular complexity index is 280. The molecule has 8 nitrogen and oxygen atoms in total. The molecule has 0 spiro atoms. The zero-order valence-electron chi connectivity index (χ0n) is 9.41. The third-order valence-electron chi connectivity index (χ3n) is 1.48. The molecule has 0 aromatic carbocycles. The van der Waals surface area contributed by atoms with Gasteiger partial charge in [-0.05, 0) is 0 Å². The number of methoxy groups -OCH3 is 2. The molecular formula is C8H12ClNO7. The standard InChI is InChI=1S/C8H12NO3.ClHO4/c1-10-7-4-8(11-2)6-9(5-7)12-3;2-1(3,4)5/h4-6H,1-3H3;(H,2,3,4,5)/q+1;/p-1. The lowest BCUT2D eigenvalue weighted by Crippen LogP contribution is -2.68. The Morgan fingerprint density at radius 1 is 0.941 bits per heavy atom. The van der Waals surface area contributed by atoms with E-state index in [2.05, 4.69) is 0 Å². The van der Waals surface area contributed by atoms with E-state index in [0.29, 0.717) is 11.5 Å².